The Bertz CT molecular complexity index is 482. The summed E-state index contributed by atoms with van der Waals surface area (Å²) in [6, 6.07) is 1.87. The number of nitrogens with two attached hydrogens (primary N) is 1. The van der Waals surface area contributed by atoms with Gasteiger partial charge in [0.15, 0.2) is 5.84 Å². The van der Waals surface area contributed by atoms with E-state index in [-0.39, 0.29) is 5.84 Å². The van der Waals surface area contributed by atoms with Gasteiger partial charge in [-0.25, -0.2) is 4.98 Å². The summed E-state index contributed by atoms with van der Waals surface area (Å²) in [5, 5.41) is 12.1. The van der Waals surface area contributed by atoms with Crippen molar-refractivity contribution in [1.29, 1.82) is 0 Å². The fraction of sp³-hybridized carbons (Fsp3) is 0.571. The number of aromatic nitrogens is 1. The third-order valence-electron chi connectivity index (χ3n) is 3.82. The van der Waals surface area contributed by atoms with Gasteiger partial charge in [-0.3, -0.25) is 0 Å². The quantitative estimate of drug-likeness (QED) is 0.376. The number of anilines is 1. The first-order valence-electron chi connectivity index (χ1n) is 6.84. The predicted molar refractivity (Wildman–Crippen MR) is 78.3 cm³/mol. The standard InChI is InChI=1S/C14H22N4O2/c1-10-3-6-16-14(12(10)13(15)17-19)18-7-4-11(5-8-18)9-20-2/h3,6,11,19H,4-5,7-9H2,1-2H3,(H2,15,17). The lowest BCUT2D eigenvalue weighted by atomic mass is 9.97. The van der Waals surface area contributed by atoms with E-state index in [0.29, 0.717) is 5.92 Å². The monoisotopic (exact) mass is 278 g/mol. The van der Waals surface area contributed by atoms with Gasteiger partial charge >= 0.3 is 0 Å². The van der Waals surface area contributed by atoms with Gasteiger partial charge < -0.3 is 20.6 Å². The zero-order valence-corrected chi connectivity index (χ0v) is 12.0. The number of hydrogen-bond donors (Lipinski definition) is 2. The number of oxime groups is 1. The third-order valence-corrected chi connectivity index (χ3v) is 3.82. The number of nitrogens with zero attached hydrogens (tertiary/aromatic N) is 3. The largest absolute Gasteiger partial charge is 0.409 e. The average molecular weight is 278 g/mol. The molecular weight excluding hydrogens is 256 g/mol. The zero-order chi connectivity index (χ0) is 14.5. The highest BCUT2D eigenvalue weighted by molar-refractivity contribution is 6.02. The topological polar surface area (TPSA) is 84.0 Å². The predicted octanol–water partition coefficient (Wildman–Crippen LogP) is 1.35. The van der Waals surface area contributed by atoms with E-state index < -0.39 is 0 Å². The zero-order valence-electron chi connectivity index (χ0n) is 12.0. The second-order valence-corrected chi connectivity index (χ2v) is 5.20. The number of aryl methyl sites for hydroxylation is 1. The van der Waals surface area contributed by atoms with Crippen LogP contribution in [0.25, 0.3) is 0 Å². The number of rotatable bonds is 4. The summed E-state index contributed by atoms with van der Waals surface area (Å²) in [5.41, 5.74) is 7.48. The van der Waals surface area contributed by atoms with Crippen LogP contribution in [0.5, 0.6) is 0 Å². The lowest BCUT2D eigenvalue weighted by Crippen LogP contribution is -2.37. The van der Waals surface area contributed by atoms with Gasteiger partial charge in [-0.1, -0.05) is 5.16 Å². The second kappa shape index (κ2) is 6.56. The van der Waals surface area contributed by atoms with Crippen LogP contribution >= 0.6 is 0 Å². The second-order valence-electron chi connectivity index (χ2n) is 5.20. The fourth-order valence-electron chi connectivity index (χ4n) is 2.70. The van der Waals surface area contributed by atoms with Crippen molar-refractivity contribution in [3.8, 4) is 0 Å². The number of hydrogen-bond acceptors (Lipinski definition) is 5. The van der Waals surface area contributed by atoms with E-state index in [1.807, 2.05) is 13.0 Å². The van der Waals surface area contributed by atoms with Crippen molar-refractivity contribution in [2.45, 2.75) is 19.8 Å². The van der Waals surface area contributed by atoms with Gasteiger partial charge in [0.2, 0.25) is 0 Å². The molecule has 1 aliphatic rings. The van der Waals surface area contributed by atoms with Gasteiger partial charge in [0.1, 0.15) is 5.82 Å². The molecule has 6 nitrogen and oxygen atoms in total. The molecule has 1 aliphatic heterocycles. The maximum Gasteiger partial charge on any atom is 0.174 e. The Kier molecular flexibility index (Phi) is 4.79. The average Bonchev–Trinajstić information content (AvgIpc) is 2.47. The number of methoxy groups -OCH3 is 1. The SMILES string of the molecule is COCC1CCN(c2nccc(C)c2/C(N)=N/O)CC1. The first kappa shape index (κ1) is 14.6. The summed E-state index contributed by atoms with van der Waals surface area (Å²) in [4.78, 5) is 6.63. The number of ether oxygens (including phenoxy) is 1. The van der Waals surface area contributed by atoms with Crippen LogP contribution in [0.3, 0.4) is 0 Å². The van der Waals surface area contributed by atoms with E-state index in [2.05, 4.69) is 15.0 Å². The Labute approximate surface area is 119 Å². The Morgan fingerprint density at radius 2 is 2.25 bits per heavy atom. The normalized spacial score (nSPS) is 17.5. The van der Waals surface area contributed by atoms with E-state index in [1.165, 1.54) is 0 Å². The summed E-state index contributed by atoms with van der Waals surface area (Å²) < 4.78 is 5.21. The van der Waals surface area contributed by atoms with E-state index >= 15 is 0 Å². The molecule has 3 N–H and O–H groups in total. The van der Waals surface area contributed by atoms with E-state index in [4.69, 9.17) is 15.7 Å². The van der Waals surface area contributed by atoms with Crippen LogP contribution in [-0.4, -0.2) is 42.8 Å². The van der Waals surface area contributed by atoms with Gasteiger partial charge in [0.05, 0.1) is 5.56 Å². The highest BCUT2D eigenvalue weighted by Crippen LogP contribution is 2.26. The Balaban J connectivity index is 2.20. The van der Waals surface area contributed by atoms with Crippen molar-refractivity contribution >= 4 is 11.7 Å². The molecule has 0 aromatic carbocycles. The number of pyridine rings is 1. The molecule has 0 aliphatic carbocycles. The molecule has 0 unspecified atom stereocenters. The molecule has 1 aromatic rings. The van der Waals surface area contributed by atoms with Crippen molar-refractivity contribution in [2.75, 3.05) is 31.7 Å². The highest BCUT2D eigenvalue weighted by Gasteiger charge is 2.23. The Morgan fingerprint density at radius 1 is 1.55 bits per heavy atom. The van der Waals surface area contributed by atoms with Gasteiger partial charge in [-0.15, -0.1) is 0 Å². The smallest absolute Gasteiger partial charge is 0.174 e. The molecular formula is C14H22N4O2. The molecule has 2 heterocycles. The molecule has 1 fully saturated rings. The molecule has 1 aromatic heterocycles. The van der Waals surface area contributed by atoms with Crippen molar-refractivity contribution in [1.82, 2.24) is 4.98 Å². The lowest BCUT2D eigenvalue weighted by Gasteiger charge is -2.33. The summed E-state index contributed by atoms with van der Waals surface area (Å²) in [6.45, 7) is 4.57. The van der Waals surface area contributed by atoms with Crippen molar-refractivity contribution in [2.24, 2.45) is 16.8 Å². The van der Waals surface area contributed by atoms with Crippen LogP contribution in [0, 0.1) is 12.8 Å². The van der Waals surface area contributed by atoms with Gasteiger partial charge in [-0.2, -0.15) is 0 Å². The molecule has 0 spiro atoms. The molecule has 0 saturated carbocycles. The van der Waals surface area contributed by atoms with Gasteiger partial charge in [0.25, 0.3) is 0 Å². The molecule has 0 amide bonds. The summed E-state index contributed by atoms with van der Waals surface area (Å²) in [5.74, 6) is 1.52. The molecule has 0 bridgehead atoms. The Morgan fingerprint density at radius 3 is 2.85 bits per heavy atom. The number of piperidine rings is 1. The molecule has 20 heavy (non-hydrogen) atoms. The Hall–Kier alpha value is -1.82. The molecule has 2 rings (SSSR count). The van der Waals surface area contributed by atoms with E-state index in [0.717, 1.165) is 49.5 Å². The van der Waals surface area contributed by atoms with Crippen LogP contribution in [-0.2, 0) is 4.74 Å². The van der Waals surface area contributed by atoms with E-state index in [1.54, 1.807) is 13.3 Å². The molecule has 6 heteroatoms. The van der Waals surface area contributed by atoms with Gasteiger partial charge in [-0.05, 0) is 37.3 Å². The molecule has 0 atom stereocenters. The molecule has 110 valence electrons. The summed E-state index contributed by atoms with van der Waals surface area (Å²) >= 11 is 0. The number of amidine groups is 1. The maximum absolute atomic E-state index is 8.95. The van der Waals surface area contributed by atoms with Crippen LogP contribution in [0.4, 0.5) is 5.82 Å². The van der Waals surface area contributed by atoms with E-state index in [9.17, 15) is 0 Å². The summed E-state index contributed by atoms with van der Waals surface area (Å²) in [7, 11) is 1.74. The minimum Gasteiger partial charge on any atom is -0.409 e. The lowest BCUT2D eigenvalue weighted by molar-refractivity contribution is 0.139. The molecule has 1 saturated heterocycles. The molecule has 0 radical (unpaired) electrons. The first-order valence-corrected chi connectivity index (χ1v) is 6.84. The third kappa shape index (κ3) is 3.01. The van der Waals surface area contributed by atoms with Crippen LogP contribution in [0.15, 0.2) is 17.4 Å². The maximum atomic E-state index is 8.95. The van der Waals surface area contributed by atoms with Gasteiger partial charge in [0, 0.05) is 33.0 Å². The minimum absolute atomic E-state index is 0.115. The van der Waals surface area contributed by atoms with Crippen molar-refractivity contribution in [3.63, 3.8) is 0 Å². The summed E-state index contributed by atoms with van der Waals surface area (Å²) in [6.07, 6.45) is 3.90. The van der Waals surface area contributed by atoms with Crippen molar-refractivity contribution < 1.29 is 9.94 Å². The van der Waals surface area contributed by atoms with Crippen LogP contribution in [0.2, 0.25) is 0 Å². The fourth-order valence-corrected chi connectivity index (χ4v) is 2.70. The van der Waals surface area contributed by atoms with Crippen LogP contribution < -0.4 is 10.6 Å². The minimum atomic E-state index is 0.115. The van der Waals surface area contributed by atoms with Crippen LogP contribution in [0.1, 0.15) is 24.0 Å². The van der Waals surface area contributed by atoms with Crippen molar-refractivity contribution in [3.05, 3.63) is 23.4 Å². The highest BCUT2D eigenvalue weighted by atomic mass is 16.5. The first-order chi connectivity index (χ1) is 9.67.